The monoisotopic (exact) mass is 446 g/mol. The van der Waals surface area contributed by atoms with E-state index in [4.69, 9.17) is 4.74 Å². The lowest BCUT2D eigenvalue weighted by molar-refractivity contribution is -0.148. The molecular weight excluding hydrogens is 396 g/mol. The number of likely N-dealkylation sites (tertiary alicyclic amines) is 1. The Labute approximate surface area is 197 Å². The van der Waals surface area contributed by atoms with E-state index in [1.54, 1.807) is 0 Å². The van der Waals surface area contributed by atoms with Crippen LogP contribution in [0.3, 0.4) is 0 Å². The molecular formula is C28H50N2O2. The highest BCUT2D eigenvalue weighted by atomic mass is 16.5. The fourth-order valence-electron chi connectivity index (χ4n) is 8.04. The lowest BCUT2D eigenvalue weighted by atomic mass is 9.62. The zero-order valence-electron chi connectivity index (χ0n) is 20.9. The summed E-state index contributed by atoms with van der Waals surface area (Å²) in [5, 5.41) is 3.57. The summed E-state index contributed by atoms with van der Waals surface area (Å²) in [6, 6.07) is 0. The molecule has 0 aromatic carbocycles. The normalized spacial score (nSPS) is 29.7. The van der Waals surface area contributed by atoms with Gasteiger partial charge in [0.15, 0.2) is 0 Å². The molecule has 3 saturated carbocycles. The van der Waals surface area contributed by atoms with Crippen LogP contribution in [0.5, 0.6) is 0 Å². The average molecular weight is 447 g/mol. The molecule has 32 heavy (non-hydrogen) atoms. The van der Waals surface area contributed by atoms with Gasteiger partial charge in [-0.3, -0.25) is 9.69 Å². The van der Waals surface area contributed by atoms with Gasteiger partial charge in [0.25, 0.3) is 0 Å². The lowest BCUT2D eigenvalue weighted by Crippen LogP contribution is -2.68. The molecule has 1 heterocycles. The summed E-state index contributed by atoms with van der Waals surface area (Å²) in [6.45, 7) is 3.10. The number of rotatable bonds is 8. The Bertz CT molecular complexity index is 516. The van der Waals surface area contributed by atoms with Crippen molar-refractivity contribution in [1.82, 2.24) is 10.2 Å². The van der Waals surface area contributed by atoms with Crippen molar-refractivity contribution >= 4 is 5.91 Å². The third-order valence-corrected chi connectivity index (χ3v) is 9.64. The van der Waals surface area contributed by atoms with Crippen LogP contribution >= 0.6 is 0 Å². The molecule has 4 aliphatic rings. The molecule has 4 rings (SSSR count). The van der Waals surface area contributed by atoms with Crippen molar-refractivity contribution in [3.05, 3.63) is 0 Å². The fourth-order valence-corrected chi connectivity index (χ4v) is 8.04. The molecule has 0 aromatic heterocycles. The van der Waals surface area contributed by atoms with Gasteiger partial charge in [-0.2, -0.15) is 0 Å². The van der Waals surface area contributed by atoms with Gasteiger partial charge in [0.1, 0.15) is 5.54 Å². The molecule has 0 aromatic rings. The molecule has 4 nitrogen and oxygen atoms in total. The van der Waals surface area contributed by atoms with Crippen molar-refractivity contribution in [3.63, 3.8) is 0 Å². The van der Waals surface area contributed by atoms with E-state index >= 15 is 0 Å². The highest BCUT2D eigenvalue weighted by Crippen LogP contribution is 2.47. The van der Waals surface area contributed by atoms with Gasteiger partial charge < -0.3 is 10.1 Å². The third-order valence-electron chi connectivity index (χ3n) is 9.64. The molecule has 1 aliphatic heterocycles. The van der Waals surface area contributed by atoms with E-state index in [0.717, 1.165) is 26.1 Å². The maximum Gasteiger partial charge on any atom is 0.241 e. The number of amides is 1. The zero-order valence-corrected chi connectivity index (χ0v) is 20.9. The smallest absolute Gasteiger partial charge is 0.241 e. The van der Waals surface area contributed by atoms with E-state index < -0.39 is 0 Å². The number of carbonyl (C=O) groups excluding carboxylic acids is 1. The number of carbonyl (C=O) groups is 1. The summed E-state index contributed by atoms with van der Waals surface area (Å²) in [7, 11) is 1.87. The minimum absolute atomic E-state index is 0.242. The number of piperidine rings is 1. The molecule has 184 valence electrons. The summed E-state index contributed by atoms with van der Waals surface area (Å²) in [6.07, 6.45) is 23.4. The first-order valence-corrected chi connectivity index (χ1v) is 14.3. The fraction of sp³-hybridized carbons (Fsp3) is 0.964. The molecule has 0 bridgehead atoms. The van der Waals surface area contributed by atoms with E-state index in [-0.39, 0.29) is 5.54 Å². The summed E-state index contributed by atoms with van der Waals surface area (Å²) in [5.74, 6) is 2.13. The number of methoxy groups -OCH3 is 1. The second kappa shape index (κ2) is 12.2. The van der Waals surface area contributed by atoms with E-state index in [1.165, 1.54) is 109 Å². The number of nitrogens with zero attached hydrogens (tertiary/aromatic N) is 1. The number of ether oxygens (including phenoxy) is 1. The minimum atomic E-state index is -0.242. The van der Waals surface area contributed by atoms with E-state index in [0.29, 0.717) is 29.8 Å². The molecule has 1 amide bonds. The average Bonchev–Trinajstić information content (AvgIpc) is 2.87. The van der Waals surface area contributed by atoms with Gasteiger partial charge in [-0.1, -0.05) is 57.8 Å². The summed E-state index contributed by atoms with van der Waals surface area (Å²) < 4.78 is 5.79. The van der Waals surface area contributed by atoms with Crippen LogP contribution in [0.15, 0.2) is 0 Å². The SMILES string of the molecule is COC1CCCCC1CCNC(=O)C(C1CCCCC1)(C1CCCCC1)N1CCCCC1. The van der Waals surface area contributed by atoms with E-state index in [2.05, 4.69) is 10.2 Å². The maximum atomic E-state index is 14.4. The van der Waals surface area contributed by atoms with Crippen LogP contribution in [0.25, 0.3) is 0 Å². The largest absolute Gasteiger partial charge is 0.381 e. The highest BCUT2D eigenvalue weighted by Gasteiger charge is 2.55. The topological polar surface area (TPSA) is 41.6 Å². The predicted molar refractivity (Wildman–Crippen MR) is 132 cm³/mol. The summed E-state index contributed by atoms with van der Waals surface area (Å²) in [5.41, 5.74) is -0.242. The second-order valence-electron chi connectivity index (χ2n) is 11.4. The molecule has 0 spiro atoms. The minimum Gasteiger partial charge on any atom is -0.381 e. The molecule has 1 saturated heterocycles. The molecule has 1 N–H and O–H groups in total. The van der Waals surface area contributed by atoms with Gasteiger partial charge in [-0.15, -0.1) is 0 Å². The molecule has 3 aliphatic carbocycles. The predicted octanol–water partition coefficient (Wildman–Crippen LogP) is 6.08. The number of nitrogens with one attached hydrogen (secondary N) is 1. The van der Waals surface area contributed by atoms with Crippen LogP contribution in [0.1, 0.15) is 116 Å². The Morgan fingerprint density at radius 2 is 1.31 bits per heavy atom. The molecule has 4 fully saturated rings. The Kier molecular flexibility index (Phi) is 9.34. The Hall–Kier alpha value is -0.610. The Morgan fingerprint density at radius 3 is 1.91 bits per heavy atom. The first-order chi connectivity index (χ1) is 15.8. The van der Waals surface area contributed by atoms with Crippen LogP contribution in [0.2, 0.25) is 0 Å². The third kappa shape index (κ3) is 5.37. The van der Waals surface area contributed by atoms with Crippen LogP contribution < -0.4 is 5.32 Å². The highest BCUT2D eigenvalue weighted by molar-refractivity contribution is 5.87. The van der Waals surface area contributed by atoms with Crippen molar-refractivity contribution in [2.75, 3.05) is 26.7 Å². The van der Waals surface area contributed by atoms with Crippen molar-refractivity contribution in [2.24, 2.45) is 17.8 Å². The van der Waals surface area contributed by atoms with Crippen molar-refractivity contribution < 1.29 is 9.53 Å². The number of hydrogen-bond donors (Lipinski definition) is 1. The lowest BCUT2D eigenvalue weighted by Gasteiger charge is -2.55. The van der Waals surface area contributed by atoms with Crippen molar-refractivity contribution in [2.45, 2.75) is 127 Å². The second-order valence-corrected chi connectivity index (χ2v) is 11.4. The maximum absolute atomic E-state index is 14.4. The molecule has 4 heteroatoms. The van der Waals surface area contributed by atoms with E-state index in [9.17, 15) is 4.79 Å². The van der Waals surface area contributed by atoms with Crippen LogP contribution in [-0.2, 0) is 9.53 Å². The molecule has 2 atom stereocenters. The summed E-state index contributed by atoms with van der Waals surface area (Å²) >= 11 is 0. The van der Waals surface area contributed by atoms with Gasteiger partial charge in [0.05, 0.1) is 6.10 Å². The van der Waals surface area contributed by atoms with Gasteiger partial charge in [0, 0.05) is 13.7 Å². The van der Waals surface area contributed by atoms with Crippen molar-refractivity contribution in [3.8, 4) is 0 Å². The van der Waals surface area contributed by atoms with Gasteiger partial charge in [-0.25, -0.2) is 0 Å². The zero-order chi connectivity index (χ0) is 22.2. The quantitative estimate of drug-likeness (QED) is 0.491. The van der Waals surface area contributed by atoms with E-state index in [1.807, 2.05) is 7.11 Å². The summed E-state index contributed by atoms with van der Waals surface area (Å²) in [4.78, 5) is 17.1. The first-order valence-electron chi connectivity index (χ1n) is 14.3. The van der Waals surface area contributed by atoms with Gasteiger partial charge >= 0.3 is 0 Å². The Balaban J connectivity index is 1.52. The standard InChI is InChI=1S/C28H50N2O2/c1-32-26-18-10-9-13-23(26)19-20-29-27(31)28(24-14-5-2-6-15-24,25-16-7-3-8-17-25)30-21-11-4-12-22-30/h23-26H,2-22H2,1H3,(H,29,31). The van der Waals surface area contributed by atoms with Gasteiger partial charge in [0.2, 0.25) is 5.91 Å². The van der Waals surface area contributed by atoms with Gasteiger partial charge in [-0.05, 0) is 88.6 Å². The molecule has 2 unspecified atom stereocenters. The molecule has 0 radical (unpaired) electrons. The van der Waals surface area contributed by atoms with Crippen LogP contribution in [0.4, 0.5) is 0 Å². The first kappa shape index (κ1) is 24.5. The van der Waals surface area contributed by atoms with Crippen molar-refractivity contribution in [1.29, 1.82) is 0 Å². The number of hydrogen-bond acceptors (Lipinski definition) is 3. The Morgan fingerprint density at radius 1 is 0.781 bits per heavy atom. The van der Waals surface area contributed by atoms with Crippen LogP contribution in [-0.4, -0.2) is 49.2 Å². The van der Waals surface area contributed by atoms with Crippen LogP contribution in [0, 0.1) is 17.8 Å².